The second-order valence-electron chi connectivity index (χ2n) is 9.49. The number of ether oxygens (including phenoxy) is 1. The molecule has 154 valence electrons. The second kappa shape index (κ2) is 8.42. The number of nitrogens with one attached hydrogen (secondary N) is 2. The fraction of sp³-hybridized carbons (Fsp3) is 0.696. The van der Waals surface area contributed by atoms with Crippen molar-refractivity contribution < 1.29 is 9.53 Å². The minimum Gasteiger partial charge on any atom is -0.353 e. The van der Waals surface area contributed by atoms with Gasteiger partial charge in [0.2, 0.25) is 0 Å². The molecule has 0 spiro atoms. The molecule has 1 saturated carbocycles. The molecular formula is C23H35N3O2. The van der Waals surface area contributed by atoms with Crippen molar-refractivity contribution in [2.45, 2.75) is 76.8 Å². The van der Waals surface area contributed by atoms with Crippen LogP contribution in [0.2, 0.25) is 0 Å². The summed E-state index contributed by atoms with van der Waals surface area (Å²) in [6.07, 6.45) is 6.77. The molecule has 2 amide bonds. The molecule has 2 aliphatic heterocycles. The Kier molecular flexibility index (Phi) is 5.93. The van der Waals surface area contributed by atoms with Crippen LogP contribution in [0.25, 0.3) is 0 Å². The summed E-state index contributed by atoms with van der Waals surface area (Å²) in [6.45, 7) is 7.40. The molecule has 0 aromatic heterocycles. The Morgan fingerprint density at radius 1 is 1.18 bits per heavy atom. The summed E-state index contributed by atoms with van der Waals surface area (Å²) in [5.74, 6) is 1.41. The number of hydrogen-bond donors (Lipinski definition) is 2. The van der Waals surface area contributed by atoms with E-state index in [-0.39, 0.29) is 12.1 Å². The Labute approximate surface area is 169 Å². The van der Waals surface area contributed by atoms with Crippen molar-refractivity contribution in [3.05, 3.63) is 35.9 Å². The summed E-state index contributed by atoms with van der Waals surface area (Å²) >= 11 is 0. The van der Waals surface area contributed by atoms with Gasteiger partial charge in [-0.1, -0.05) is 37.3 Å². The third-order valence-electron chi connectivity index (χ3n) is 6.65. The molecule has 2 saturated heterocycles. The zero-order valence-electron chi connectivity index (χ0n) is 17.3. The number of fused-ring (bicyclic) bond motifs is 2. The smallest absolute Gasteiger partial charge is 0.317 e. The second-order valence-corrected chi connectivity index (χ2v) is 9.49. The normalized spacial score (nSPS) is 34.0. The summed E-state index contributed by atoms with van der Waals surface area (Å²) in [6, 6.07) is 10.8. The summed E-state index contributed by atoms with van der Waals surface area (Å²) in [5, 5.41) is 6.34. The summed E-state index contributed by atoms with van der Waals surface area (Å²) in [5.41, 5.74) is 0.833. The topological polar surface area (TPSA) is 53.6 Å². The van der Waals surface area contributed by atoms with Crippen molar-refractivity contribution >= 4 is 6.03 Å². The van der Waals surface area contributed by atoms with Gasteiger partial charge in [-0.25, -0.2) is 4.79 Å². The fourth-order valence-electron chi connectivity index (χ4n) is 5.53. The third-order valence-corrected chi connectivity index (χ3v) is 6.65. The largest absolute Gasteiger partial charge is 0.353 e. The number of piperidine rings is 1. The van der Waals surface area contributed by atoms with Crippen LogP contribution in [0, 0.1) is 11.8 Å². The zero-order valence-corrected chi connectivity index (χ0v) is 17.3. The van der Waals surface area contributed by atoms with E-state index in [9.17, 15) is 4.79 Å². The van der Waals surface area contributed by atoms with Gasteiger partial charge in [0.05, 0.1) is 6.10 Å². The molecule has 1 aromatic rings. The van der Waals surface area contributed by atoms with Crippen LogP contribution in [-0.4, -0.2) is 41.9 Å². The number of urea groups is 1. The lowest BCUT2D eigenvalue weighted by Crippen LogP contribution is -2.59. The Morgan fingerprint density at radius 2 is 1.93 bits per heavy atom. The van der Waals surface area contributed by atoms with Crippen LogP contribution in [0.1, 0.15) is 57.9 Å². The van der Waals surface area contributed by atoms with Crippen molar-refractivity contribution in [3.63, 3.8) is 0 Å². The van der Waals surface area contributed by atoms with Gasteiger partial charge >= 0.3 is 6.03 Å². The molecule has 4 atom stereocenters. The first-order valence-electron chi connectivity index (χ1n) is 11.0. The highest BCUT2D eigenvalue weighted by atomic mass is 16.5. The third kappa shape index (κ3) is 5.06. The molecule has 2 N–H and O–H groups in total. The van der Waals surface area contributed by atoms with Crippen molar-refractivity contribution in [1.82, 2.24) is 15.5 Å². The van der Waals surface area contributed by atoms with E-state index in [0.717, 1.165) is 57.7 Å². The van der Waals surface area contributed by atoms with Gasteiger partial charge < -0.3 is 15.4 Å². The highest BCUT2D eigenvalue weighted by molar-refractivity contribution is 5.74. The first-order chi connectivity index (χ1) is 13.5. The Balaban J connectivity index is 1.22. The highest BCUT2D eigenvalue weighted by Gasteiger charge is 2.42. The minimum absolute atomic E-state index is 0.0722. The molecule has 2 bridgehead atoms. The number of nitrogens with zero attached hydrogens (tertiary/aromatic N) is 1. The SMILES string of the molecule is CC1CC2CC(C1)OC(C)(NC(=O)NC1CCN(Cc3ccccc3)CC1)C2. The number of benzene rings is 1. The number of likely N-dealkylation sites (tertiary alicyclic amines) is 1. The quantitative estimate of drug-likeness (QED) is 0.827. The molecule has 0 radical (unpaired) electrons. The first-order valence-corrected chi connectivity index (χ1v) is 11.0. The van der Waals surface area contributed by atoms with Crippen LogP contribution < -0.4 is 10.6 Å². The van der Waals surface area contributed by atoms with Gasteiger partial charge in [0.1, 0.15) is 5.72 Å². The van der Waals surface area contributed by atoms with Crippen LogP contribution in [-0.2, 0) is 11.3 Å². The zero-order chi connectivity index (χ0) is 19.6. The molecule has 4 unspecified atom stereocenters. The molecule has 5 heteroatoms. The van der Waals surface area contributed by atoms with E-state index in [4.69, 9.17) is 4.74 Å². The van der Waals surface area contributed by atoms with E-state index in [2.05, 4.69) is 52.8 Å². The number of carbonyl (C=O) groups is 1. The first kappa shape index (κ1) is 19.7. The standard InChI is InChI=1S/C23H35N3O2/c1-17-12-19-14-21(13-17)28-23(2,15-19)25-22(27)24-20-8-10-26(11-9-20)16-18-6-4-3-5-7-18/h3-7,17,19-21H,8-16H2,1-2H3,(H2,24,25,27). The number of hydrogen-bond acceptors (Lipinski definition) is 3. The monoisotopic (exact) mass is 385 g/mol. The number of carbonyl (C=O) groups excluding carboxylic acids is 1. The van der Waals surface area contributed by atoms with E-state index in [1.807, 2.05) is 6.92 Å². The van der Waals surface area contributed by atoms with Gasteiger partial charge in [0, 0.05) is 25.7 Å². The maximum atomic E-state index is 12.6. The molecule has 1 aliphatic carbocycles. The highest BCUT2D eigenvalue weighted by Crippen LogP contribution is 2.41. The lowest BCUT2D eigenvalue weighted by Gasteiger charge is -2.47. The molecule has 1 aromatic carbocycles. The molecule has 28 heavy (non-hydrogen) atoms. The molecule has 4 rings (SSSR count). The molecule has 3 fully saturated rings. The minimum atomic E-state index is -0.522. The average molecular weight is 386 g/mol. The van der Waals surface area contributed by atoms with E-state index in [1.165, 1.54) is 12.0 Å². The van der Waals surface area contributed by atoms with E-state index >= 15 is 0 Å². The van der Waals surface area contributed by atoms with Crippen molar-refractivity contribution in [1.29, 1.82) is 0 Å². The van der Waals surface area contributed by atoms with Crippen molar-refractivity contribution in [2.75, 3.05) is 13.1 Å². The maximum absolute atomic E-state index is 12.6. The Morgan fingerprint density at radius 3 is 2.64 bits per heavy atom. The van der Waals surface area contributed by atoms with Gasteiger partial charge in [-0.2, -0.15) is 0 Å². The van der Waals surface area contributed by atoms with Crippen molar-refractivity contribution in [2.24, 2.45) is 11.8 Å². The van der Waals surface area contributed by atoms with Crippen LogP contribution in [0.15, 0.2) is 30.3 Å². The Bertz CT molecular complexity index is 639. The van der Waals surface area contributed by atoms with E-state index in [1.54, 1.807) is 0 Å². The molecule has 3 aliphatic rings. The van der Waals surface area contributed by atoms with Gasteiger partial charge in [-0.05, 0) is 62.8 Å². The molecular weight excluding hydrogens is 350 g/mol. The number of rotatable bonds is 4. The summed E-state index contributed by atoms with van der Waals surface area (Å²) in [4.78, 5) is 15.1. The van der Waals surface area contributed by atoms with Crippen LogP contribution in [0.3, 0.4) is 0 Å². The molecule has 2 heterocycles. The van der Waals surface area contributed by atoms with Gasteiger partial charge in [-0.3, -0.25) is 4.90 Å². The number of amides is 2. The van der Waals surface area contributed by atoms with E-state index in [0.29, 0.717) is 12.0 Å². The van der Waals surface area contributed by atoms with Crippen LogP contribution in [0.4, 0.5) is 4.79 Å². The van der Waals surface area contributed by atoms with Gasteiger partial charge in [-0.15, -0.1) is 0 Å². The maximum Gasteiger partial charge on any atom is 0.317 e. The lowest BCUT2D eigenvalue weighted by molar-refractivity contribution is -0.168. The Hall–Kier alpha value is -1.59. The summed E-state index contributed by atoms with van der Waals surface area (Å²) < 4.78 is 6.28. The van der Waals surface area contributed by atoms with Gasteiger partial charge in [0.25, 0.3) is 0 Å². The van der Waals surface area contributed by atoms with Crippen molar-refractivity contribution in [3.8, 4) is 0 Å². The van der Waals surface area contributed by atoms with Crippen LogP contribution in [0.5, 0.6) is 0 Å². The van der Waals surface area contributed by atoms with E-state index < -0.39 is 5.72 Å². The molecule has 5 nitrogen and oxygen atoms in total. The van der Waals surface area contributed by atoms with Gasteiger partial charge in [0.15, 0.2) is 0 Å². The lowest BCUT2D eigenvalue weighted by atomic mass is 9.75. The predicted octanol–water partition coefficient (Wildman–Crippen LogP) is 3.89. The summed E-state index contributed by atoms with van der Waals surface area (Å²) in [7, 11) is 0. The average Bonchev–Trinajstić information content (AvgIpc) is 2.62. The predicted molar refractivity (Wildman–Crippen MR) is 111 cm³/mol. The fourth-order valence-corrected chi connectivity index (χ4v) is 5.53. The van der Waals surface area contributed by atoms with Crippen LogP contribution >= 0.6 is 0 Å².